The van der Waals surface area contributed by atoms with E-state index in [1.54, 1.807) is 6.92 Å². The van der Waals surface area contributed by atoms with Crippen LogP contribution < -0.4 is 10.6 Å². The van der Waals surface area contributed by atoms with Gasteiger partial charge < -0.3 is 15.4 Å². The molecule has 0 aliphatic carbocycles. The van der Waals surface area contributed by atoms with Crippen LogP contribution in [0.15, 0.2) is 0 Å². The van der Waals surface area contributed by atoms with Crippen molar-refractivity contribution in [3.63, 3.8) is 0 Å². The van der Waals surface area contributed by atoms with Crippen LogP contribution in [0.5, 0.6) is 0 Å². The summed E-state index contributed by atoms with van der Waals surface area (Å²) in [6.45, 7) is 6.26. The van der Waals surface area contributed by atoms with E-state index in [2.05, 4.69) is 10.6 Å². The second-order valence-corrected chi connectivity index (χ2v) is 4.05. The van der Waals surface area contributed by atoms with E-state index in [9.17, 15) is 9.59 Å². The maximum Gasteiger partial charge on any atom is 0.307 e. The highest BCUT2D eigenvalue weighted by Crippen LogP contribution is 2.15. The van der Waals surface area contributed by atoms with E-state index in [-0.39, 0.29) is 24.2 Å². The zero-order valence-electron chi connectivity index (χ0n) is 9.91. The molecule has 2 N–H and O–H groups in total. The monoisotopic (exact) mass is 228 g/mol. The Bertz CT molecular complexity index is 252. The number of amides is 1. The number of rotatable bonds is 6. The summed E-state index contributed by atoms with van der Waals surface area (Å²) in [5, 5.41) is 5.89. The minimum absolute atomic E-state index is 0.0171. The molecule has 0 aromatic carbocycles. The van der Waals surface area contributed by atoms with Crippen molar-refractivity contribution in [2.45, 2.75) is 20.3 Å². The Morgan fingerprint density at radius 3 is 2.69 bits per heavy atom. The number of carbonyl (C=O) groups excluding carboxylic acids is 2. The van der Waals surface area contributed by atoms with Gasteiger partial charge in [-0.05, 0) is 25.9 Å². The summed E-state index contributed by atoms with van der Waals surface area (Å²) in [6, 6.07) is 0. The van der Waals surface area contributed by atoms with Gasteiger partial charge in [0.2, 0.25) is 5.91 Å². The second-order valence-electron chi connectivity index (χ2n) is 4.05. The number of ether oxygens (including phenoxy) is 1. The van der Waals surface area contributed by atoms with Crippen LogP contribution in [0.3, 0.4) is 0 Å². The molecular formula is C11H20N2O3. The molecule has 0 bridgehead atoms. The van der Waals surface area contributed by atoms with Gasteiger partial charge in [0, 0.05) is 12.5 Å². The Kier molecular flexibility index (Phi) is 5.25. The number of carbonyl (C=O) groups is 2. The minimum Gasteiger partial charge on any atom is -0.466 e. The third kappa shape index (κ3) is 3.81. The predicted molar refractivity (Wildman–Crippen MR) is 59.8 cm³/mol. The standard InChI is InChI=1S/C11H20N2O3/c1-3-16-10(14)4-5-13-11(15)8(2)9-6-12-7-9/h8-9,12H,3-7H2,1-2H3,(H,13,15). The number of hydrogen-bond acceptors (Lipinski definition) is 4. The lowest BCUT2D eigenvalue weighted by molar-refractivity contribution is -0.143. The average molecular weight is 228 g/mol. The van der Waals surface area contributed by atoms with Crippen LogP contribution in [0.25, 0.3) is 0 Å². The molecule has 1 aliphatic rings. The van der Waals surface area contributed by atoms with Gasteiger partial charge in [0.1, 0.15) is 0 Å². The van der Waals surface area contributed by atoms with Gasteiger partial charge in [-0.15, -0.1) is 0 Å². The molecule has 0 saturated carbocycles. The Hall–Kier alpha value is -1.10. The van der Waals surface area contributed by atoms with Crippen molar-refractivity contribution in [1.29, 1.82) is 0 Å². The molecule has 5 heteroatoms. The molecule has 1 fully saturated rings. The van der Waals surface area contributed by atoms with Gasteiger partial charge in [0.05, 0.1) is 13.0 Å². The highest BCUT2D eigenvalue weighted by Gasteiger charge is 2.28. The molecule has 1 rings (SSSR count). The molecular weight excluding hydrogens is 208 g/mol. The van der Waals surface area contributed by atoms with E-state index in [4.69, 9.17) is 4.74 Å². The van der Waals surface area contributed by atoms with E-state index in [1.807, 2.05) is 6.92 Å². The van der Waals surface area contributed by atoms with Crippen molar-refractivity contribution < 1.29 is 14.3 Å². The second kappa shape index (κ2) is 6.48. The first kappa shape index (κ1) is 13.0. The van der Waals surface area contributed by atoms with Crippen molar-refractivity contribution in [3.8, 4) is 0 Å². The lowest BCUT2D eigenvalue weighted by Crippen LogP contribution is -2.49. The van der Waals surface area contributed by atoms with Crippen LogP contribution in [0.4, 0.5) is 0 Å². The zero-order chi connectivity index (χ0) is 12.0. The fraction of sp³-hybridized carbons (Fsp3) is 0.818. The van der Waals surface area contributed by atoms with E-state index in [0.717, 1.165) is 13.1 Å². The van der Waals surface area contributed by atoms with Gasteiger partial charge in [-0.3, -0.25) is 9.59 Å². The first-order valence-electron chi connectivity index (χ1n) is 5.79. The Balaban J connectivity index is 2.11. The van der Waals surface area contributed by atoms with Crippen LogP contribution >= 0.6 is 0 Å². The molecule has 0 aromatic heterocycles. The largest absolute Gasteiger partial charge is 0.466 e. The fourth-order valence-electron chi connectivity index (χ4n) is 1.56. The van der Waals surface area contributed by atoms with Crippen molar-refractivity contribution in [3.05, 3.63) is 0 Å². The van der Waals surface area contributed by atoms with Gasteiger partial charge in [0.25, 0.3) is 0 Å². The summed E-state index contributed by atoms with van der Waals surface area (Å²) in [5.74, 6) is 0.211. The molecule has 1 amide bonds. The quantitative estimate of drug-likeness (QED) is 0.624. The van der Waals surface area contributed by atoms with Crippen LogP contribution in [0, 0.1) is 11.8 Å². The summed E-state index contributed by atoms with van der Waals surface area (Å²) < 4.78 is 4.76. The number of esters is 1. The van der Waals surface area contributed by atoms with E-state index >= 15 is 0 Å². The summed E-state index contributed by atoms with van der Waals surface area (Å²) >= 11 is 0. The molecule has 1 heterocycles. The summed E-state index contributed by atoms with van der Waals surface area (Å²) in [4.78, 5) is 22.6. The molecule has 1 saturated heterocycles. The molecule has 1 aliphatic heterocycles. The van der Waals surface area contributed by atoms with E-state index in [1.165, 1.54) is 0 Å². The van der Waals surface area contributed by atoms with Gasteiger partial charge in [-0.25, -0.2) is 0 Å². The van der Waals surface area contributed by atoms with E-state index < -0.39 is 0 Å². The molecule has 5 nitrogen and oxygen atoms in total. The molecule has 0 aromatic rings. The SMILES string of the molecule is CCOC(=O)CCNC(=O)C(C)C1CNC1. The Morgan fingerprint density at radius 1 is 1.50 bits per heavy atom. The molecule has 1 atom stereocenters. The molecule has 0 radical (unpaired) electrons. The number of hydrogen-bond donors (Lipinski definition) is 2. The Labute approximate surface area is 95.9 Å². The zero-order valence-corrected chi connectivity index (χ0v) is 9.91. The first-order valence-corrected chi connectivity index (χ1v) is 5.79. The lowest BCUT2D eigenvalue weighted by atomic mass is 9.88. The first-order chi connectivity index (χ1) is 7.65. The molecule has 16 heavy (non-hydrogen) atoms. The van der Waals surface area contributed by atoms with Gasteiger partial charge in [-0.1, -0.05) is 6.92 Å². The smallest absolute Gasteiger partial charge is 0.307 e. The van der Waals surface area contributed by atoms with Gasteiger partial charge in [-0.2, -0.15) is 0 Å². The van der Waals surface area contributed by atoms with Gasteiger partial charge >= 0.3 is 5.97 Å². The maximum atomic E-state index is 11.6. The van der Waals surface area contributed by atoms with Crippen LogP contribution in [0.2, 0.25) is 0 Å². The average Bonchev–Trinajstić information content (AvgIpc) is 2.15. The molecule has 92 valence electrons. The third-order valence-electron chi connectivity index (χ3n) is 2.87. The van der Waals surface area contributed by atoms with Crippen LogP contribution in [0.1, 0.15) is 20.3 Å². The minimum atomic E-state index is -0.263. The van der Waals surface area contributed by atoms with Crippen LogP contribution in [-0.2, 0) is 14.3 Å². The lowest BCUT2D eigenvalue weighted by Gasteiger charge is -2.31. The summed E-state index contributed by atoms with van der Waals surface area (Å²) in [5.41, 5.74) is 0. The fourth-order valence-corrected chi connectivity index (χ4v) is 1.56. The predicted octanol–water partition coefficient (Wildman–Crippen LogP) is -0.0887. The topological polar surface area (TPSA) is 67.4 Å². The van der Waals surface area contributed by atoms with Crippen molar-refractivity contribution in [2.24, 2.45) is 11.8 Å². The highest BCUT2D eigenvalue weighted by molar-refractivity contribution is 5.79. The van der Waals surface area contributed by atoms with E-state index in [0.29, 0.717) is 19.1 Å². The van der Waals surface area contributed by atoms with Crippen molar-refractivity contribution in [1.82, 2.24) is 10.6 Å². The molecule has 1 unspecified atom stereocenters. The van der Waals surface area contributed by atoms with Crippen molar-refractivity contribution in [2.75, 3.05) is 26.2 Å². The Morgan fingerprint density at radius 2 is 2.19 bits per heavy atom. The van der Waals surface area contributed by atoms with Gasteiger partial charge in [0.15, 0.2) is 0 Å². The third-order valence-corrected chi connectivity index (χ3v) is 2.87. The maximum absolute atomic E-state index is 11.6. The highest BCUT2D eigenvalue weighted by atomic mass is 16.5. The molecule has 0 spiro atoms. The van der Waals surface area contributed by atoms with Crippen molar-refractivity contribution >= 4 is 11.9 Å². The summed E-state index contributed by atoms with van der Waals surface area (Å²) in [6.07, 6.45) is 0.245. The number of nitrogens with one attached hydrogen (secondary N) is 2. The van der Waals surface area contributed by atoms with Crippen LogP contribution in [-0.4, -0.2) is 38.1 Å². The normalized spacial score (nSPS) is 17.4. The summed E-state index contributed by atoms with van der Waals surface area (Å²) in [7, 11) is 0.